The van der Waals surface area contributed by atoms with Crippen molar-refractivity contribution >= 4 is 5.91 Å². The lowest BCUT2D eigenvalue weighted by Gasteiger charge is -2.31. The Bertz CT molecular complexity index is 263. The highest BCUT2D eigenvalue weighted by Crippen LogP contribution is 2.17. The molecule has 1 heterocycles. The first-order chi connectivity index (χ1) is 9.69. The number of carbonyl (C=O) groups is 1. The molecule has 20 heavy (non-hydrogen) atoms. The Hall–Kier alpha value is -0.610. The van der Waals surface area contributed by atoms with Gasteiger partial charge in [0.2, 0.25) is 5.91 Å². The minimum atomic E-state index is -0.696. The number of amides is 1. The fourth-order valence-corrected chi connectivity index (χ4v) is 2.60. The van der Waals surface area contributed by atoms with Crippen molar-refractivity contribution in [1.82, 2.24) is 5.32 Å². The maximum absolute atomic E-state index is 12.0. The van der Waals surface area contributed by atoms with E-state index in [9.17, 15) is 4.79 Å². The zero-order valence-corrected chi connectivity index (χ0v) is 13.1. The molecule has 118 valence electrons. The Labute approximate surface area is 123 Å². The average molecular weight is 284 g/mol. The summed E-state index contributed by atoms with van der Waals surface area (Å²) < 4.78 is 5.25. The second-order valence-electron chi connectivity index (χ2n) is 6.00. The lowest BCUT2D eigenvalue weighted by Crippen LogP contribution is -2.57. The summed E-state index contributed by atoms with van der Waals surface area (Å²) in [6.45, 7) is 4.20. The third-order valence-electron chi connectivity index (χ3n) is 4.15. The van der Waals surface area contributed by atoms with Crippen LogP contribution in [0, 0.1) is 0 Å². The fraction of sp³-hybridized carbons (Fsp3) is 0.938. The standard InChI is InChI=1S/C16H32N2O2/c1-2-3-4-5-6-7-8-9-12-18-15(19)16(17)10-13-20-14-11-16/h2-14,17H2,1H3,(H,18,19). The van der Waals surface area contributed by atoms with Crippen LogP contribution in [0.3, 0.4) is 0 Å². The molecule has 1 fully saturated rings. The normalized spacial score (nSPS) is 17.9. The summed E-state index contributed by atoms with van der Waals surface area (Å²) in [6, 6.07) is 0. The second kappa shape index (κ2) is 10.2. The topological polar surface area (TPSA) is 64.4 Å². The summed E-state index contributed by atoms with van der Waals surface area (Å²) >= 11 is 0. The number of carbonyl (C=O) groups excluding carboxylic acids is 1. The Balaban J connectivity index is 1.96. The summed E-state index contributed by atoms with van der Waals surface area (Å²) in [5.41, 5.74) is 5.42. The largest absolute Gasteiger partial charge is 0.381 e. The number of hydrogen-bond donors (Lipinski definition) is 2. The summed E-state index contributed by atoms with van der Waals surface area (Å²) in [6.07, 6.45) is 11.5. The van der Waals surface area contributed by atoms with E-state index >= 15 is 0 Å². The van der Waals surface area contributed by atoms with Crippen LogP contribution >= 0.6 is 0 Å². The smallest absolute Gasteiger partial charge is 0.240 e. The van der Waals surface area contributed by atoms with Crippen molar-refractivity contribution in [3.8, 4) is 0 Å². The van der Waals surface area contributed by atoms with Crippen molar-refractivity contribution in [2.45, 2.75) is 76.7 Å². The lowest BCUT2D eigenvalue weighted by molar-refractivity contribution is -0.129. The average Bonchev–Trinajstić information content (AvgIpc) is 2.46. The Morgan fingerprint density at radius 3 is 2.20 bits per heavy atom. The van der Waals surface area contributed by atoms with Crippen LogP contribution in [-0.4, -0.2) is 31.2 Å². The Morgan fingerprint density at radius 2 is 1.60 bits per heavy atom. The molecule has 3 N–H and O–H groups in total. The van der Waals surface area contributed by atoms with Crippen LogP contribution < -0.4 is 11.1 Å². The van der Waals surface area contributed by atoms with Crippen molar-refractivity contribution in [2.75, 3.05) is 19.8 Å². The summed E-state index contributed by atoms with van der Waals surface area (Å²) in [5, 5.41) is 2.98. The van der Waals surface area contributed by atoms with Crippen molar-refractivity contribution in [3.63, 3.8) is 0 Å². The van der Waals surface area contributed by atoms with Crippen LogP contribution in [0.25, 0.3) is 0 Å². The molecule has 1 saturated heterocycles. The second-order valence-corrected chi connectivity index (χ2v) is 6.00. The molecule has 0 aromatic rings. The van der Waals surface area contributed by atoms with Gasteiger partial charge in [0.05, 0.1) is 5.54 Å². The van der Waals surface area contributed by atoms with Gasteiger partial charge in [-0.1, -0.05) is 51.9 Å². The highest BCUT2D eigenvalue weighted by atomic mass is 16.5. The molecule has 4 nitrogen and oxygen atoms in total. The Morgan fingerprint density at radius 1 is 1.05 bits per heavy atom. The molecule has 0 radical (unpaired) electrons. The van der Waals surface area contributed by atoms with Gasteiger partial charge in [0, 0.05) is 19.8 Å². The van der Waals surface area contributed by atoms with Crippen LogP contribution in [0.5, 0.6) is 0 Å². The SMILES string of the molecule is CCCCCCCCCCNC(=O)C1(N)CCOCC1. The predicted octanol–water partition coefficient (Wildman–Crippen LogP) is 2.75. The number of hydrogen-bond acceptors (Lipinski definition) is 3. The first kappa shape index (κ1) is 17.4. The molecular weight excluding hydrogens is 252 g/mol. The molecule has 1 amide bonds. The van der Waals surface area contributed by atoms with Crippen molar-refractivity contribution in [2.24, 2.45) is 5.73 Å². The van der Waals surface area contributed by atoms with E-state index in [1.54, 1.807) is 0 Å². The van der Waals surface area contributed by atoms with Crippen LogP contribution in [0.2, 0.25) is 0 Å². The van der Waals surface area contributed by atoms with Crippen LogP contribution in [-0.2, 0) is 9.53 Å². The maximum atomic E-state index is 12.0. The molecule has 0 saturated carbocycles. The van der Waals surface area contributed by atoms with E-state index in [0.29, 0.717) is 26.1 Å². The van der Waals surface area contributed by atoms with E-state index in [0.717, 1.165) is 13.0 Å². The number of unbranched alkanes of at least 4 members (excludes halogenated alkanes) is 7. The zero-order chi connectivity index (χ0) is 14.7. The van der Waals surface area contributed by atoms with Crippen LogP contribution in [0.1, 0.15) is 71.1 Å². The first-order valence-electron chi connectivity index (χ1n) is 8.34. The van der Waals surface area contributed by atoms with Gasteiger partial charge in [0.15, 0.2) is 0 Å². The Kier molecular flexibility index (Phi) is 8.86. The third kappa shape index (κ3) is 6.71. The maximum Gasteiger partial charge on any atom is 0.240 e. The molecule has 1 rings (SSSR count). The molecule has 1 aliphatic heterocycles. The number of nitrogens with one attached hydrogen (secondary N) is 1. The van der Waals surface area contributed by atoms with E-state index in [2.05, 4.69) is 12.2 Å². The number of nitrogens with two attached hydrogens (primary N) is 1. The number of rotatable bonds is 10. The minimum absolute atomic E-state index is 0.00347. The fourth-order valence-electron chi connectivity index (χ4n) is 2.60. The zero-order valence-electron chi connectivity index (χ0n) is 13.1. The van der Waals surface area contributed by atoms with Gasteiger partial charge in [0.1, 0.15) is 0 Å². The van der Waals surface area contributed by atoms with Gasteiger partial charge in [-0.3, -0.25) is 4.79 Å². The van der Waals surface area contributed by atoms with Gasteiger partial charge < -0.3 is 15.8 Å². The summed E-state index contributed by atoms with van der Waals surface area (Å²) in [4.78, 5) is 12.0. The quantitative estimate of drug-likeness (QED) is 0.606. The monoisotopic (exact) mass is 284 g/mol. The van der Waals surface area contributed by atoms with Crippen LogP contribution in [0.4, 0.5) is 0 Å². The first-order valence-corrected chi connectivity index (χ1v) is 8.34. The van der Waals surface area contributed by atoms with Gasteiger partial charge in [-0.05, 0) is 19.3 Å². The summed E-state index contributed by atoms with van der Waals surface area (Å²) in [5.74, 6) is 0.00347. The third-order valence-corrected chi connectivity index (χ3v) is 4.15. The molecule has 0 aromatic heterocycles. The number of ether oxygens (including phenoxy) is 1. The van der Waals surface area contributed by atoms with Crippen molar-refractivity contribution < 1.29 is 9.53 Å². The van der Waals surface area contributed by atoms with E-state index < -0.39 is 5.54 Å². The molecular formula is C16H32N2O2. The van der Waals surface area contributed by atoms with E-state index in [1.165, 1.54) is 44.9 Å². The molecule has 0 aromatic carbocycles. The van der Waals surface area contributed by atoms with Gasteiger partial charge >= 0.3 is 0 Å². The predicted molar refractivity (Wildman–Crippen MR) is 82.6 cm³/mol. The van der Waals surface area contributed by atoms with Crippen molar-refractivity contribution in [3.05, 3.63) is 0 Å². The molecule has 0 bridgehead atoms. The molecule has 0 aliphatic carbocycles. The minimum Gasteiger partial charge on any atom is -0.381 e. The van der Waals surface area contributed by atoms with Gasteiger partial charge in [-0.15, -0.1) is 0 Å². The van der Waals surface area contributed by atoms with E-state index in [-0.39, 0.29) is 5.91 Å². The van der Waals surface area contributed by atoms with Crippen molar-refractivity contribution in [1.29, 1.82) is 0 Å². The van der Waals surface area contributed by atoms with E-state index in [4.69, 9.17) is 10.5 Å². The molecule has 0 spiro atoms. The van der Waals surface area contributed by atoms with Gasteiger partial charge in [0.25, 0.3) is 0 Å². The van der Waals surface area contributed by atoms with Crippen LogP contribution in [0.15, 0.2) is 0 Å². The lowest BCUT2D eigenvalue weighted by atomic mass is 9.90. The van der Waals surface area contributed by atoms with Gasteiger partial charge in [-0.25, -0.2) is 0 Å². The summed E-state index contributed by atoms with van der Waals surface area (Å²) in [7, 11) is 0. The molecule has 0 unspecified atom stereocenters. The molecule has 0 atom stereocenters. The molecule has 4 heteroatoms. The van der Waals surface area contributed by atoms with Gasteiger partial charge in [-0.2, -0.15) is 0 Å². The highest BCUT2D eigenvalue weighted by molar-refractivity contribution is 5.86. The highest BCUT2D eigenvalue weighted by Gasteiger charge is 2.35. The molecule has 1 aliphatic rings. The van der Waals surface area contributed by atoms with E-state index in [1.807, 2.05) is 0 Å².